The molecule has 0 aliphatic rings. The monoisotopic (exact) mass is 291 g/mol. The number of rotatable bonds is 5. The highest BCUT2D eigenvalue weighted by Gasteiger charge is 2.18. The Hall–Kier alpha value is -2.25. The van der Waals surface area contributed by atoms with Gasteiger partial charge in [0.05, 0.1) is 18.3 Å². The van der Waals surface area contributed by atoms with E-state index in [0.29, 0.717) is 18.8 Å². The van der Waals surface area contributed by atoms with Gasteiger partial charge in [0, 0.05) is 24.7 Å². The Kier molecular flexibility index (Phi) is 4.35. The summed E-state index contributed by atoms with van der Waals surface area (Å²) in [5.41, 5.74) is 3.08. The predicted molar refractivity (Wildman–Crippen MR) is 76.4 cm³/mol. The van der Waals surface area contributed by atoms with E-state index in [2.05, 4.69) is 25.9 Å². The van der Waals surface area contributed by atoms with E-state index in [4.69, 9.17) is 0 Å². The zero-order chi connectivity index (χ0) is 15.6. The molecule has 0 fully saturated rings. The number of hydrogen-bond acceptors (Lipinski definition) is 5. The third kappa shape index (κ3) is 3.26. The number of nitrogens with zero attached hydrogens (tertiary/aromatic N) is 6. The summed E-state index contributed by atoms with van der Waals surface area (Å²) in [5.74, 6) is 0.676. The fourth-order valence-electron chi connectivity index (χ4n) is 2.47. The lowest BCUT2D eigenvalue weighted by Crippen LogP contribution is -2.28. The summed E-state index contributed by atoms with van der Waals surface area (Å²) in [4.78, 5) is 12.0. The smallest absolute Gasteiger partial charge is 0.222 e. The van der Waals surface area contributed by atoms with Crippen molar-refractivity contribution in [2.24, 2.45) is 7.05 Å². The van der Waals surface area contributed by atoms with E-state index in [1.54, 1.807) is 4.68 Å². The predicted octanol–water partition coefficient (Wildman–Crippen LogP) is 0.599. The fraction of sp³-hybridized carbons (Fsp3) is 0.615. The van der Waals surface area contributed by atoms with Gasteiger partial charge in [-0.3, -0.25) is 9.48 Å². The summed E-state index contributed by atoms with van der Waals surface area (Å²) >= 11 is 0. The lowest BCUT2D eigenvalue weighted by molar-refractivity contribution is -0.122. The second-order valence-corrected chi connectivity index (χ2v) is 5.20. The fourth-order valence-corrected chi connectivity index (χ4v) is 2.47. The second-order valence-electron chi connectivity index (χ2n) is 5.20. The van der Waals surface area contributed by atoms with Crippen molar-refractivity contribution in [3.8, 4) is 0 Å². The molecule has 0 unspecified atom stereocenters. The van der Waals surface area contributed by atoms with E-state index in [-0.39, 0.29) is 11.9 Å². The molecule has 0 spiro atoms. The van der Waals surface area contributed by atoms with Gasteiger partial charge in [0.1, 0.15) is 5.82 Å². The van der Waals surface area contributed by atoms with Crippen LogP contribution in [0.3, 0.4) is 0 Å². The van der Waals surface area contributed by atoms with Crippen molar-refractivity contribution in [2.45, 2.75) is 46.7 Å². The zero-order valence-electron chi connectivity index (χ0n) is 13.1. The molecule has 8 heteroatoms. The number of aromatic nitrogens is 6. The van der Waals surface area contributed by atoms with Crippen LogP contribution in [0, 0.1) is 20.8 Å². The number of carbonyl (C=O) groups excluding carboxylic acids is 1. The maximum atomic E-state index is 12.0. The van der Waals surface area contributed by atoms with Crippen LogP contribution in [-0.4, -0.2) is 35.9 Å². The van der Waals surface area contributed by atoms with Crippen molar-refractivity contribution in [3.63, 3.8) is 0 Å². The molecular weight excluding hydrogens is 270 g/mol. The Morgan fingerprint density at radius 2 is 2.05 bits per heavy atom. The zero-order valence-corrected chi connectivity index (χ0v) is 13.1. The van der Waals surface area contributed by atoms with Gasteiger partial charge < -0.3 is 5.32 Å². The van der Waals surface area contributed by atoms with E-state index in [0.717, 1.165) is 17.0 Å². The average Bonchev–Trinajstić information content (AvgIpc) is 2.91. The molecule has 0 aromatic carbocycles. The van der Waals surface area contributed by atoms with Crippen LogP contribution in [0.4, 0.5) is 0 Å². The molecule has 1 N–H and O–H groups in total. The van der Waals surface area contributed by atoms with Crippen molar-refractivity contribution in [3.05, 3.63) is 22.8 Å². The van der Waals surface area contributed by atoms with E-state index in [1.807, 2.05) is 39.4 Å². The van der Waals surface area contributed by atoms with E-state index in [1.165, 1.54) is 0 Å². The van der Waals surface area contributed by atoms with E-state index in [9.17, 15) is 4.79 Å². The van der Waals surface area contributed by atoms with Crippen LogP contribution in [-0.2, 0) is 18.4 Å². The number of tetrazole rings is 1. The summed E-state index contributed by atoms with van der Waals surface area (Å²) in [5, 5.41) is 18.5. The van der Waals surface area contributed by atoms with Gasteiger partial charge in [0.25, 0.3) is 0 Å². The normalized spacial score (nSPS) is 12.4. The number of carbonyl (C=O) groups is 1. The molecule has 0 bridgehead atoms. The molecule has 2 heterocycles. The summed E-state index contributed by atoms with van der Waals surface area (Å²) in [6, 6.07) is -0.0684. The molecule has 8 nitrogen and oxygen atoms in total. The van der Waals surface area contributed by atoms with Crippen LogP contribution in [0.15, 0.2) is 0 Å². The molecule has 1 atom stereocenters. The SMILES string of the molecule is Cc1nn(C)c(C)c1[C@H](C)NC(=O)CCn1nnnc1C. The highest BCUT2D eigenvalue weighted by atomic mass is 16.1. The molecule has 21 heavy (non-hydrogen) atoms. The average molecular weight is 291 g/mol. The largest absolute Gasteiger partial charge is 0.349 e. The quantitative estimate of drug-likeness (QED) is 0.871. The van der Waals surface area contributed by atoms with Gasteiger partial charge in [-0.05, 0) is 38.1 Å². The molecule has 2 aromatic heterocycles. The van der Waals surface area contributed by atoms with Crippen molar-refractivity contribution >= 4 is 5.91 Å². The highest BCUT2D eigenvalue weighted by Crippen LogP contribution is 2.20. The molecule has 0 saturated heterocycles. The minimum atomic E-state index is -0.0684. The Morgan fingerprint density at radius 3 is 2.57 bits per heavy atom. The van der Waals surface area contributed by atoms with Crippen molar-refractivity contribution in [2.75, 3.05) is 0 Å². The van der Waals surface area contributed by atoms with Crippen LogP contribution in [0.5, 0.6) is 0 Å². The first-order chi connectivity index (χ1) is 9.90. The van der Waals surface area contributed by atoms with Gasteiger partial charge in [-0.15, -0.1) is 5.10 Å². The third-order valence-corrected chi connectivity index (χ3v) is 3.64. The van der Waals surface area contributed by atoms with Gasteiger partial charge in [-0.1, -0.05) is 0 Å². The van der Waals surface area contributed by atoms with Gasteiger partial charge in [0.15, 0.2) is 0 Å². The topological polar surface area (TPSA) is 90.5 Å². The summed E-state index contributed by atoms with van der Waals surface area (Å²) in [7, 11) is 1.90. The third-order valence-electron chi connectivity index (χ3n) is 3.64. The lowest BCUT2D eigenvalue weighted by Gasteiger charge is -2.15. The van der Waals surface area contributed by atoms with Gasteiger partial charge in [0.2, 0.25) is 5.91 Å². The van der Waals surface area contributed by atoms with Crippen LogP contribution in [0.25, 0.3) is 0 Å². The molecule has 0 radical (unpaired) electrons. The summed E-state index contributed by atoms with van der Waals surface area (Å²) in [6.45, 7) is 8.21. The van der Waals surface area contributed by atoms with Gasteiger partial charge in [-0.25, -0.2) is 4.68 Å². The standard InChI is InChI=1S/C13H21N7O/c1-8(13-9(2)16-19(5)10(13)3)14-12(21)6-7-20-11(4)15-17-18-20/h8H,6-7H2,1-5H3,(H,14,21)/t8-/m0/s1. The minimum Gasteiger partial charge on any atom is -0.349 e. The molecule has 2 aromatic rings. The molecule has 2 rings (SSSR count). The Labute approximate surface area is 123 Å². The Bertz CT molecular complexity index is 643. The Balaban J connectivity index is 1.94. The molecular formula is C13H21N7O. The molecule has 0 aliphatic heterocycles. The first-order valence-electron chi connectivity index (χ1n) is 6.92. The van der Waals surface area contributed by atoms with Gasteiger partial charge >= 0.3 is 0 Å². The van der Waals surface area contributed by atoms with Crippen LogP contribution < -0.4 is 5.32 Å². The lowest BCUT2D eigenvalue weighted by atomic mass is 10.1. The molecule has 114 valence electrons. The number of nitrogens with one attached hydrogen (secondary N) is 1. The molecule has 1 amide bonds. The Morgan fingerprint density at radius 1 is 1.33 bits per heavy atom. The van der Waals surface area contributed by atoms with Crippen molar-refractivity contribution < 1.29 is 4.79 Å². The first kappa shape index (κ1) is 15.1. The molecule has 0 aliphatic carbocycles. The summed E-state index contributed by atoms with van der Waals surface area (Å²) < 4.78 is 3.45. The maximum absolute atomic E-state index is 12.0. The number of aryl methyl sites for hydroxylation is 4. The first-order valence-corrected chi connectivity index (χ1v) is 6.92. The minimum absolute atomic E-state index is 0.0277. The van der Waals surface area contributed by atoms with Crippen molar-refractivity contribution in [1.82, 2.24) is 35.3 Å². The number of amides is 1. The van der Waals surface area contributed by atoms with Crippen molar-refractivity contribution in [1.29, 1.82) is 0 Å². The van der Waals surface area contributed by atoms with E-state index >= 15 is 0 Å². The molecule has 0 saturated carbocycles. The summed E-state index contributed by atoms with van der Waals surface area (Å²) in [6.07, 6.45) is 0.342. The van der Waals surface area contributed by atoms with Crippen LogP contribution in [0.2, 0.25) is 0 Å². The van der Waals surface area contributed by atoms with Gasteiger partial charge in [-0.2, -0.15) is 5.10 Å². The second kappa shape index (κ2) is 6.02. The van der Waals surface area contributed by atoms with Crippen LogP contribution >= 0.6 is 0 Å². The van der Waals surface area contributed by atoms with Crippen LogP contribution in [0.1, 0.15) is 42.2 Å². The number of hydrogen-bond donors (Lipinski definition) is 1. The highest BCUT2D eigenvalue weighted by molar-refractivity contribution is 5.76. The van der Waals surface area contributed by atoms with E-state index < -0.39 is 0 Å². The maximum Gasteiger partial charge on any atom is 0.222 e.